The van der Waals surface area contributed by atoms with Gasteiger partial charge >= 0.3 is 5.97 Å². The first-order valence-corrected chi connectivity index (χ1v) is 9.81. The molecular weight excluding hydrogens is 344 g/mol. The summed E-state index contributed by atoms with van der Waals surface area (Å²) in [5.74, 6) is -0.289. The topological polar surface area (TPSA) is 72.8 Å². The van der Waals surface area contributed by atoms with Crippen molar-refractivity contribution >= 4 is 11.8 Å². The van der Waals surface area contributed by atoms with Gasteiger partial charge in [0.05, 0.1) is 0 Å². The van der Waals surface area contributed by atoms with E-state index in [4.69, 9.17) is 9.62 Å². The van der Waals surface area contributed by atoms with E-state index in [2.05, 4.69) is 13.0 Å². The van der Waals surface area contributed by atoms with E-state index in [9.17, 15) is 14.8 Å². The maximum Gasteiger partial charge on any atom is 0.308 e. The molecule has 5 nitrogen and oxygen atoms in total. The Balaban J connectivity index is 2.34. The molecule has 3 rings (SSSR count). The lowest BCUT2D eigenvalue weighted by Crippen LogP contribution is -2.55. The van der Waals surface area contributed by atoms with Gasteiger partial charge in [0.2, 0.25) is 5.78 Å². The minimum atomic E-state index is -1.14. The number of hydrogen-bond donors (Lipinski definition) is 1. The van der Waals surface area contributed by atoms with Crippen LogP contribution < -0.4 is 0 Å². The van der Waals surface area contributed by atoms with Crippen molar-refractivity contribution in [1.82, 2.24) is 0 Å². The molecule has 0 aromatic heterocycles. The summed E-state index contributed by atoms with van der Waals surface area (Å²) in [4.78, 5) is 30.3. The highest BCUT2D eigenvalue weighted by atomic mass is 17.1. The first kappa shape index (κ1) is 20.0. The van der Waals surface area contributed by atoms with Gasteiger partial charge < -0.3 is 4.74 Å². The molecule has 0 amide bonds. The number of ketones is 1. The highest BCUT2D eigenvalue weighted by Gasteiger charge is 2.59. The van der Waals surface area contributed by atoms with Gasteiger partial charge in [0.25, 0.3) is 0 Å². The Morgan fingerprint density at radius 3 is 2.44 bits per heavy atom. The van der Waals surface area contributed by atoms with Crippen LogP contribution in [0.1, 0.15) is 60.8 Å². The monoisotopic (exact) mass is 374 g/mol. The van der Waals surface area contributed by atoms with E-state index in [0.29, 0.717) is 17.1 Å². The number of rotatable bonds is 3. The number of ether oxygens (including phenoxy) is 1. The van der Waals surface area contributed by atoms with Gasteiger partial charge in [0.15, 0.2) is 11.4 Å². The van der Waals surface area contributed by atoms with E-state index in [1.807, 2.05) is 20.8 Å². The van der Waals surface area contributed by atoms with Gasteiger partial charge in [-0.3, -0.25) is 14.8 Å². The van der Waals surface area contributed by atoms with Gasteiger partial charge in [-0.05, 0) is 63.4 Å². The van der Waals surface area contributed by atoms with Gasteiger partial charge in [0, 0.05) is 24.0 Å². The van der Waals surface area contributed by atoms with Crippen LogP contribution in [0.5, 0.6) is 0 Å². The third-order valence-corrected chi connectivity index (χ3v) is 6.57. The van der Waals surface area contributed by atoms with Crippen LogP contribution in [0, 0.1) is 23.7 Å². The fourth-order valence-corrected chi connectivity index (χ4v) is 5.49. The summed E-state index contributed by atoms with van der Waals surface area (Å²) < 4.78 is 5.36. The normalized spacial score (nSPS) is 35.7. The van der Waals surface area contributed by atoms with Crippen LogP contribution in [0.3, 0.4) is 0 Å². The minimum Gasteiger partial charge on any atom is -0.422 e. The van der Waals surface area contributed by atoms with Crippen LogP contribution in [0.25, 0.3) is 0 Å². The fourth-order valence-electron chi connectivity index (χ4n) is 5.49. The summed E-state index contributed by atoms with van der Waals surface area (Å²) in [6.07, 6.45) is 4.82. The second-order valence-corrected chi connectivity index (χ2v) is 8.68. The summed E-state index contributed by atoms with van der Waals surface area (Å²) in [6.45, 7) is 11.3. The van der Waals surface area contributed by atoms with E-state index < -0.39 is 11.6 Å². The van der Waals surface area contributed by atoms with Crippen molar-refractivity contribution in [3.05, 3.63) is 34.1 Å². The maximum atomic E-state index is 13.3. The van der Waals surface area contributed by atoms with Crippen LogP contribution in [0.2, 0.25) is 0 Å². The Bertz CT molecular complexity index is 768. The molecule has 1 fully saturated rings. The van der Waals surface area contributed by atoms with Gasteiger partial charge in [0.1, 0.15) is 0 Å². The third kappa shape index (κ3) is 2.92. The molecule has 148 valence electrons. The van der Waals surface area contributed by atoms with Crippen LogP contribution in [-0.2, 0) is 19.2 Å². The molecule has 1 saturated carbocycles. The molecule has 27 heavy (non-hydrogen) atoms. The molecule has 0 saturated heterocycles. The van der Waals surface area contributed by atoms with Crippen LogP contribution in [0.4, 0.5) is 0 Å². The van der Waals surface area contributed by atoms with E-state index in [0.717, 1.165) is 30.4 Å². The summed E-state index contributed by atoms with van der Waals surface area (Å²) >= 11 is 0. The summed E-state index contributed by atoms with van der Waals surface area (Å²) in [5, 5.41) is 10.2. The van der Waals surface area contributed by atoms with Crippen LogP contribution in [-0.4, -0.2) is 22.6 Å². The molecule has 0 aromatic rings. The van der Waals surface area contributed by atoms with Crippen LogP contribution >= 0.6 is 0 Å². The quantitative estimate of drug-likeness (QED) is 0.338. The first-order valence-electron chi connectivity index (χ1n) is 9.81. The van der Waals surface area contributed by atoms with Crippen molar-refractivity contribution in [3.8, 4) is 0 Å². The predicted octanol–water partition coefficient (Wildman–Crippen LogP) is 4.60. The van der Waals surface area contributed by atoms with Gasteiger partial charge in [-0.1, -0.05) is 25.5 Å². The number of carbonyl (C=O) groups excluding carboxylic acids is 2. The zero-order valence-electron chi connectivity index (χ0n) is 17.1. The van der Waals surface area contributed by atoms with Crippen molar-refractivity contribution in [2.24, 2.45) is 23.7 Å². The zero-order valence-corrected chi connectivity index (χ0v) is 17.1. The van der Waals surface area contributed by atoms with Gasteiger partial charge in [-0.2, -0.15) is 0 Å². The molecule has 0 bridgehead atoms. The van der Waals surface area contributed by atoms with Gasteiger partial charge in [-0.15, -0.1) is 0 Å². The lowest BCUT2D eigenvalue weighted by molar-refractivity contribution is -0.317. The van der Waals surface area contributed by atoms with Gasteiger partial charge in [-0.25, -0.2) is 4.89 Å². The van der Waals surface area contributed by atoms with Crippen molar-refractivity contribution in [2.45, 2.75) is 66.4 Å². The smallest absolute Gasteiger partial charge is 0.308 e. The number of esters is 1. The largest absolute Gasteiger partial charge is 0.422 e. The zero-order chi connectivity index (χ0) is 20.1. The van der Waals surface area contributed by atoms with Crippen LogP contribution in [0.15, 0.2) is 34.1 Å². The molecule has 5 heteroatoms. The standard InChI is InChI=1S/C22H30O5/c1-11(2)9-16-10-13(4)17-8-7-12(3)18-19(17)22(16,27-25)14(5)21(20(18)24)26-15(6)23/h9,12-13,16-17,25H,7-8,10H2,1-6H3/t12-,13-,16-,17+,22+/m0/s1. The van der Waals surface area contributed by atoms with Crippen molar-refractivity contribution in [2.75, 3.05) is 0 Å². The van der Waals surface area contributed by atoms with Crippen molar-refractivity contribution in [3.63, 3.8) is 0 Å². The molecule has 5 atom stereocenters. The van der Waals surface area contributed by atoms with E-state index in [-0.39, 0.29) is 29.3 Å². The fraction of sp³-hybridized carbons (Fsp3) is 0.636. The summed E-state index contributed by atoms with van der Waals surface area (Å²) in [6, 6.07) is 0. The van der Waals surface area contributed by atoms with Crippen molar-refractivity contribution in [1.29, 1.82) is 0 Å². The Morgan fingerprint density at radius 1 is 1.22 bits per heavy atom. The van der Waals surface area contributed by atoms with E-state index >= 15 is 0 Å². The average molecular weight is 374 g/mol. The Hall–Kier alpha value is -1.72. The molecule has 0 spiro atoms. The minimum absolute atomic E-state index is 0.0181. The van der Waals surface area contributed by atoms with E-state index in [1.54, 1.807) is 6.92 Å². The molecule has 0 heterocycles. The number of allylic oxidation sites excluding steroid dienone is 2. The lowest BCUT2D eigenvalue weighted by Gasteiger charge is -2.54. The highest BCUT2D eigenvalue weighted by Crippen LogP contribution is 2.59. The molecule has 0 aromatic carbocycles. The summed E-state index contributed by atoms with van der Waals surface area (Å²) in [5.41, 5.74) is 2.05. The second-order valence-electron chi connectivity index (χ2n) is 8.68. The first-order chi connectivity index (χ1) is 12.6. The molecular formula is C22H30O5. The number of Topliss-reactive ketones (excluding diaryl/α,β-unsaturated/α-hetero) is 1. The Morgan fingerprint density at radius 2 is 1.89 bits per heavy atom. The maximum absolute atomic E-state index is 13.3. The average Bonchev–Trinajstić information content (AvgIpc) is 2.58. The molecule has 1 N–H and O–H groups in total. The number of carbonyl (C=O) groups is 2. The second kappa shape index (κ2) is 7.02. The SMILES string of the molecule is CC(=O)OC1=C(C)[C@]2(OO)C3=C(C1=O)[C@@H](C)CC[C@@H]3[C@@H](C)C[C@@H]2C=C(C)C. The molecule has 0 unspecified atom stereocenters. The highest BCUT2D eigenvalue weighted by molar-refractivity contribution is 6.11. The third-order valence-electron chi connectivity index (χ3n) is 6.57. The number of hydrogen-bond acceptors (Lipinski definition) is 5. The molecule has 0 radical (unpaired) electrons. The van der Waals surface area contributed by atoms with Crippen molar-refractivity contribution < 1.29 is 24.5 Å². The molecule has 0 aliphatic heterocycles. The van der Waals surface area contributed by atoms with E-state index in [1.165, 1.54) is 6.92 Å². The summed E-state index contributed by atoms with van der Waals surface area (Å²) in [7, 11) is 0. The molecule has 3 aliphatic carbocycles. The Labute approximate surface area is 161 Å². The lowest BCUT2D eigenvalue weighted by atomic mass is 9.53. The predicted molar refractivity (Wildman–Crippen MR) is 102 cm³/mol. The molecule has 3 aliphatic rings. The Kier molecular flexibility index (Phi) is 5.21.